The van der Waals surface area contributed by atoms with Gasteiger partial charge in [-0.05, 0) is 0 Å². The minimum atomic E-state index is -1.28. The molecule has 0 unspecified atom stereocenters. The molecule has 0 rings (SSSR count). The van der Waals surface area contributed by atoms with Crippen LogP contribution in [0, 0.1) is 5.41 Å². The van der Waals surface area contributed by atoms with Gasteiger partial charge in [0.25, 0.3) is 0 Å². The van der Waals surface area contributed by atoms with E-state index in [4.69, 9.17) is 39.4 Å². The Morgan fingerprint density at radius 2 is 0.697 bits per heavy atom. The highest BCUT2D eigenvalue weighted by Gasteiger charge is 2.34. The topological polar surface area (TPSA) is 234 Å². The van der Waals surface area contributed by atoms with Crippen LogP contribution in [0.1, 0.15) is 0 Å². The predicted molar refractivity (Wildman–Crippen MR) is 108 cm³/mol. The lowest BCUT2D eigenvalue weighted by molar-refractivity contribution is 0.0995. The first kappa shape index (κ1) is 29.9. The number of carbonyl (C=O) groups excluding carboxylic acids is 4. The maximum atomic E-state index is 11.8. The highest BCUT2D eigenvalue weighted by atomic mass is 16.6. The van der Waals surface area contributed by atoms with Crippen LogP contribution in [0.3, 0.4) is 0 Å². The zero-order valence-corrected chi connectivity index (χ0v) is 18.0. The molecular formula is C17H32N4O12. The van der Waals surface area contributed by atoms with Crippen molar-refractivity contribution in [3.63, 3.8) is 0 Å². The zero-order valence-electron chi connectivity index (χ0n) is 18.0. The first-order valence-corrected chi connectivity index (χ1v) is 9.88. The molecule has 33 heavy (non-hydrogen) atoms. The third-order valence-corrected chi connectivity index (χ3v) is 3.73. The highest BCUT2D eigenvalue weighted by Crippen LogP contribution is 2.14. The summed E-state index contributed by atoms with van der Waals surface area (Å²) in [5, 5.41) is 44.6. The molecule has 0 fully saturated rings. The third kappa shape index (κ3) is 15.4. The van der Waals surface area contributed by atoms with Crippen molar-refractivity contribution in [1.82, 2.24) is 21.3 Å². The molecule has 0 aliphatic rings. The van der Waals surface area contributed by atoms with Crippen LogP contribution in [0.25, 0.3) is 0 Å². The molecule has 0 saturated carbocycles. The van der Waals surface area contributed by atoms with E-state index in [-0.39, 0.29) is 52.6 Å². The summed E-state index contributed by atoms with van der Waals surface area (Å²) in [6.07, 6.45) is -3.66. The van der Waals surface area contributed by atoms with Gasteiger partial charge < -0.3 is 60.6 Å². The largest absolute Gasteiger partial charge is 0.447 e. The normalized spacial score (nSPS) is 10.5. The molecule has 0 aliphatic carbocycles. The predicted octanol–water partition coefficient (Wildman–Crippen LogP) is -3.15. The number of hydrogen-bond acceptors (Lipinski definition) is 12. The smallest absolute Gasteiger partial charge is 0.407 e. The van der Waals surface area contributed by atoms with Crippen molar-refractivity contribution in [1.29, 1.82) is 0 Å². The van der Waals surface area contributed by atoms with Gasteiger partial charge in [0, 0.05) is 31.6 Å². The van der Waals surface area contributed by atoms with E-state index < -0.39 is 56.2 Å². The van der Waals surface area contributed by atoms with Crippen molar-refractivity contribution in [2.75, 3.05) is 79.0 Å². The number of amides is 4. The van der Waals surface area contributed by atoms with E-state index >= 15 is 0 Å². The molecule has 0 bridgehead atoms. The Bertz CT molecular complexity index is 491. The van der Waals surface area contributed by atoms with Crippen molar-refractivity contribution in [2.24, 2.45) is 5.41 Å². The minimum absolute atomic E-state index is 0.266. The van der Waals surface area contributed by atoms with Crippen LogP contribution in [-0.4, -0.2) is 124 Å². The average molecular weight is 484 g/mol. The molecule has 0 saturated heterocycles. The van der Waals surface area contributed by atoms with Gasteiger partial charge in [-0.15, -0.1) is 0 Å². The molecule has 0 aliphatic heterocycles. The molecule has 0 atom stereocenters. The summed E-state index contributed by atoms with van der Waals surface area (Å²) in [7, 11) is 0. The van der Waals surface area contributed by atoms with E-state index in [2.05, 4.69) is 21.3 Å². The Morgan fingerprint density at radius 1 is 0.485 bits per heavy atom. The molecule has 0 heterocycles. The molecule has 0 aromatic rings. The molecule has 0 aromatic heterocycles. The first-order chi connectivity index (χ1) is 15.8. The number of hydrogen-bond donors (Lipinski definition) is 8. The number of nitrogens with one attached hydrogen (secondary N) is 4. The summed E-state index contributed by atoms with van der Waals surface area (Å²) in [6, 6.07) is 0. The molecule has 16 nitrogen and oxygen atoms in total. The number of aliphatic hydroxyl groups excluding tert-OH is 4. The Balaban J connectivity index is 5.42. The van der Waals surface area contributed by atoms with Crippen LogP contribution in [0.4, 0.5) is 19.2 Å². The second kappa shape index (κ2) is 18.5. The van der Waals surface area contributed by atoms with Crippen LogP contribution in [0.5, 0.6) is 0 Å². The van der Waals surface area contributed by atoms with Crippen LogP contribution < -0.4 is 21.3 Å². The molecule has 16 heteroatoms. The average Bonchev–Trinajstić information content (AvgIpc) is 2.82. The van der Waals surface area contributed by atoms with Crippen molar-refractivity contribution >= 4 is 24.4 Å². The maximum Gasteiger partial charge on any atom is 0.407 e. The molecule has 8 N–H and O–H groups in total. The lowest BCUT2D eigenvalue weighted by Gasteiger charge is -2.34. The van der Waals surface area contributed by atoms with Gasteiger partial charge in [-0.3, -0.25) is 0 Å². The van der Waals surface area contributed by atoms with E-state index in [0.717, 1.165) is 0 Å². The summed E-state index contributed by atoms with van der Waals surface area (Å²) in [6.45, 7) is -3.80. The maximum absolute atomic E-state index is 11.8. The van der Waals surface area contributed by atoms with Gasteiger partial charge >= 0.3 is 24.4 Å². The van der Waals surface area contributed by atoms with Crippen molar-refractivity contribution < 1.29 is 58.6 Å². The quantitative estimate of drug-likeness (QED) is 0.101. The second-order valence-corrected chi connectivity index (χ2v) is 6.35. The fraction of sp³-hybridized carbons (Fsp3) is 0.765. The van der Waals surface area contributed by atoms with E-state index in [1.165, 1.54) is 0 Å². The summed E-state index contributed by atoms with van der Waals surface area (Å²) in [5.74, 6) is 0. The number of alkyl carbamates (subject to hydrolysis) is 4. The van der Waals surface area contributed by atoms with E-state index in [1.807, 2.05) is 0 Å². The number of carbonyl (C=O) groups is 4. The lowest BCUT2D eigenvalue weighted by atomic mass is 9.87. The van der Waals surface area contributed by atoms with Crippen molar-refractivity contribution in [3.05, 3.63) is 0 Å². The van der Waals surface area contributed by atoms with Crippen molar-refractivity contribution in [3.8, 4) is 0 Å². The Kier molecular flexibility index (Phi) is 16.8. The number of rotatable bonds is 16. The summed E-state index contributed by atoms with van der Waals surface area (Å²) in [4.78, 5) is 47.3. The standard InChI is InChI=1S/C17H32N4O12/c22-1-5-30-13(26)18-9-17(10-19-14(27)31-6-2-23,11-20-15(28)32-7-3-24)12-21-16(29)33-8-4-25/h22-25H,1-12H2,(H,18,26)(H,19,27)(H,20,28)(H,21,29). The third-order valence-electron chi connectivity index (χ3n) is 3.73. The molecular weight excluding hydrogens is 452 g/mol. The Hall–Kier alpha value is -3.08. The minimum Gasteiger partial charge on any atom is -0.447 e. The first-order valence-electron chi connectivity index (χ1n) is 9.88. The molecule has 192 valence electrons. The fourth-order valence-electron chi connectivity index (χ4n) is 2.17. The van der Waals surface area contributed by atoms with Crippen LogP contribution in [0.15, 0.2) is 0 Å². The molecule has 0 radical (unpaired) electrons. The van der Waals surface area contributed by atoms with E-state index in [1.54, 1.807) is 0 Å². The summed E-state index contributed by atoms with van der Waals surface area (Å²) in [5.41, 5.74) is -1.28. The Morgan fingerprint density at radius 3 is 0.879 bits per heavy atom. The van der Waals surface area contributed by atoms with Gasteiger partial charge in [-0.2, -0.15) is 0 Å². The van der Waals surface area contributed by atoms with E-state index in [0.29, 0.717) is 0 Å². The summed E-state index contributed by atoms with van der Waals surface area (Å²) < 4.78 is 18.8. The van der Waals surface area contributed by atoms with Gasteiger partial charge in [-0.1, -0.05) is 0 Å². The molecule has 4 amide bonds. The van der Waals surface area contributed by atoms with Crippen LogP contribution >= 0.6 is 0 Å². The Labute approximate surface area is 189 Å². The van der Waals surface area contributed by atoms with Crippen LogP contribution in [-0.2, 0) is 18.9 Å². The van der Waals surface area contributed by atoms with Gasteiger partial charge in [0.15, 0.2) is 0 Å². The van der Waals surface area contributed by atoms with Gasteiger partial charge in [0.05, 0.1) is 26.4 Å². The second-order valence-electron chi connectivity index (χ2n) is 6.35. The number of ether oxygens (including phenoxy) is 4. The zero-order chi connectivity index (χ0) is 25.0. The highest BCUT2D eigenvalue weighted by molar-refractivity contribution is 5.69. The van der Waals surface area contributed by atoms with Crippen LogP contribution in [0.2, 0.25) is 0 Å². The van der Waals surface area contributed by atoms with E-state index in [9.17, 15) is 19.2 Å². The van der Waals surface area contributed by atoms with Gasteiger partial charge in [0.2, 0.25) is 0 Å². The monoisotopic (exact) mass is 484 g/mol. The SMILES string of the molecule is O=C(NCC(CNC(=O)OCCO)(CNC(=O)OCCO)CNC(=O)OCCO)OCCO. The molecule has 0 aromatic carbocycles. The fourth-order valence-corrected chi connectivity index (χ4v) is 2.17. The van der Waals surface area contributed by atoms with Crippen molar-refractivity contribution in [2.45, 2.75) is 0 Å². The van der Waals surface area contributed by atoms with Gasteiger partial charge in [-0.25, -0.2) is 19.2 Å². The summed E-state index contributed by atoms with van der Waals surface area (Å²) >= 11 is 0. The van der Waals surface area contributed by atoms with Gasteiger partial charge in [0.1, 0.15) is 26.4 Å². The lowest BCUT2D eigenvalue weighted by Crippen LogP contribution is -2.57. The number of aliphatic hydroxyl groups is 4. The molecule has 0 spiro atoms.